The van der Waals surface area contributed by atoms with Crippen molar-refractivity contribution in [2.75, 3.05) is 7.11 Å². The van der Waals surface area contributed by atoms with Crippen LogP contribution in [0.3, 0.4) is 0 Å². The molecule has 0 aliphatic rings. The summed E-state index contributed by atoms with van der Waals surface area (Å²) < 4.78 is 6.66. The smallest absolute Gasteiger partial charge is 0.337 e. The standard InChI is InChI=1S/C11H11NO2.C2H6/c1-12-6-5-8-7-9(11(13)14-2)3-4-10(8)12;1-2/h3-7H,1-2H3;1-2H3. The Balaban J connectivity index is 0.000000606. The zero-order valence-electron chi connectivity index (χ0n) is 10.2. The molecule has 0 radical (unpaired) electrons. The predicted octanol–water partition coefficient (Wildman–Crippen LogP) is 2.99. The van der Waals surface area contributed by atoms with Gasteiger partial charge in [0.2, 0.25) is 0 Å². The largest absolute Gasteiger partial charge is 0.465 e. The number of ether oxygens (including phenoxy) is 1. The summed E-state index contributed by atoms with van der Waals surface area (Å²) in [4.78, 5) is 11.2. The SMILES string of the molecule is CC.COC(=O)c1ccc2c(ccn2C)c1. The second kappa shape index (κ2) is 5.35. The molecule has 0 N–H and O–H groups in total. The van der Waals surface area contributed by atoms with E-state index in [0.29, 0.717) is 5.56 Å². The van der Waals surface area contributed by atoms with E-state index in [1.54, 1.807) is 6.07 Å². The van der Waals surface area contributed by atoms with Crippen LogP contribution in [0.15, 0.2) is 30.5 Å². The number of methoxy groups -OCH3 is 1. The van der Waals surface area contributed by atoms with E-state index in [0.717, 1.165) is 10.9 Å². The molecule has 0 amide bonds. The lowest BCUT2D eigenvalue weighted by Gasteiger charge is -2.00. The van der Waals surface area contributed by atoms with E-state index in [2.05, 4.69) is 4.74 Å². The quantitative estimate of drug-likeness (QED) is 0.690. The first kappa shape index (κ1) is 12.3. The molecule has 0 aliphatic carbocycles. The van der Waals surface area contributed by atoms with Gasteiger partial charge in [-0.15, -0.1) is 0 Å². The van der Waals surface area contributed by atoms with E-state index in [1.165, 1.54) is 7.11 Å². The van der Waals surface area contributed by atoms with Crippen LogP contribution in [0.2, 0.25) is 0 Å². The monoisotopic (exact) mass is 219 g/mol. The molecule has 2 rings (SSSR count). The Morgan fingerprint density at radius 1 is 1.25 bits per heavy atom. The van der Waals surface area contributed by atoms with Crippen LogP contribution in [0.1, 0.15) is 24.2 Å². The van der Waals surface area contributed by atoms with Gasteiger partial charge in [0.25, 0.3) is 0 Å². The van der Waals surface area contributed by atoms with Crippen LogP contribution in [-0.2, 0) is 11.8 Å². The Kier molecular flexibility index (Phi) is 4.11. The molecule has 86 valence electrons. The van der Waals surface area contributed by atoms with Gasteiger partial charge in [0.05, 0.1) is 12.7 Å². The highest BCUT2D eigenvalue weighted by Gasteiger charge is 2.06. The molecule has 0 aliphatic heterocycles. The Morgan fingerprint density at radius 3 is 2.56 bits per heavy atom. The van der Waals surface area contributed by atoms with Crippen molar-refractivity contribution in [3.8, 4) is 0 Å². The summed E-state index contributed by atoms with van der Waals surface area (Å²) in [5.41, 5.74) is 1.70. The van der Waals surface area contributed by atoms with Gasteiger partial charge in [-0.3, -0.25) is 0 Å². The summed E-state index contributed by atoms with van der Waals surface area (Å²) in [6.07, 6.45) is 1.96. The van der Waals surface area contributed by atoms with E-state index in [1.807, 2.05) is 49.9 Å². The van der Waals surface area contributed by atoms with Crippen molar-refractivity contribution in [2.45, 2.75) is 13.8 Å². The number of benzene rings is 1. The molecule has 3 heteroatoms. The fourth-order valence-corrected chi connectivity index (χ4v) is 1.53. The molecule has 2 aromatic rings. The Hall–Kier alpha value is -1.77. The average Bonchev–Trinajstić information content (AvgIpc) is 2.72. The van der Waals surface area contributed by atoms with Crippen molar-refractivity contribution in [2.24, 2.45) is 7.05 Å². The lowest BCUT2D eigenvalue weighted by molar-refractivity contribution is 0.0601. The van der Waals surface area contributed by atoms with Crippen molar-refractivity contribution in [1.29, 1.82) is 0 Å². The van der Waals surface area contributed by atoms with Gasteiger partial charge in [-0.25, -0.2) is 4.79 Å². The van der Waals surface area contributed by atoms with E-state index in [-0.39, 0.29) is 5.97 Å². The fraction of sp³-hybridized carbons (Fsp3) is 0.308. The number of hydrogen-bond acceptors (Lipinski definition) is 2. The molecule has 0 unspecified atom stereocenters. The number of aromatic nitrogens is 1. The first-order valence-electron chi connectivity index (χ1n) is 5.36. The van der Waals surface area contributed by atoms with E-state index in [9.17, 15) is 4.79 Å². The van der Waals surface area contributed by atoms with E-state index >= 15 is 0 Å². The number of nitrogens with zero attached hydrogens (tertiary/aromatic N) is 1. The van der Waals surface area contributed by atoms with Gasteiger partial charge in [0, 0.05) is 24.1 Å². The third-order valence-corrected chi connectivity index (χ3v) is 2.31. The van der Waals surface area contributed by atoms with Gasteiger partial charge >= 0.3 is 5.97 Å². The molecule has 1 aromatic heterocycles. The molecular formula is C13H17NO2. The number of esters is 1. The minimum Gasteiger partial charge on any atom is -0.465 e. The molecule has 16 heavy (non-hydrogen) atoms. The summed E-state index contributed by atoms with van der Waals surface area (Å²) in [5, 5.41) is 1.05. The highest BCUT2D eigenvalue weighted by Crippen LogP contribution is 2.16. The maximum Gasteiger partial charge on any atom is 0.337 e. The zero-order chi connectivity index (χ0) is 12.1. The number of rotatable bonds is 1. The minimum absolute atomic E-state index is 0.296. The third-order valence-electron chi connectivity index (χ3n) is 2.31. The average molecular weight is 219 g/mol. The van der Waals surface area contributed by atoms with Crippen molar-refractivity contribution in [3.63, 3.8) is 0 Å². The van der Waals surface area contributed by atoms with Gasteiger partial charge in [-0.1, -0.05) is 13.8 Å². The van der Waals surface area contributed by atoms with Crippen LogP contribution >= 0.6 is 0 Å². The first-order chi connectivity index (χ1) is 7.72. The summed E-state index contributed by atoms with van der Waals surface area (Å²) in [6, 6.07) is 7.50. The number of aryl methyl sites for hydroxylation is 1. The van der Waals surface area contributed by atoms with Crippen molar-refractivity contribution < 1.29 is 9.53 Å². The molecule has 0 bridgehead atoms. The third kappa shape index (κ3) is 2.24. The zero-order valence-corrected chi connectivity index (χ0v) is 10.2. The van der Waals surface area contributed by atoms with Gasteiger partial charge in [0.15, 0.2) is 0 Å². The maximum absolute atomic E-state index is 11.2. The fourth-order valence-electron chi connectivity index (χ4n) is 1.53. The van der Waals surface area contributed by atoms with Crippen molar-refractivity contribution in [1.82, 2.24) is 4.57 Å². The molecule has 1 heterocycles. The van der Waals surface area contributed by atoms with E-state index < -0.39 is 0 Å². The Morgan fingerprint density at radius 2 is 1.94 bits per heavy atom. The van der Waals surface area contributed by atoms with Crippen molar-refractivity contribution in [3.05, 3.63) is 36.0 Å². The number of hydrogen-bond donors (Lipinski definition) is 0. The van der Waals surface area contributed by atoms with Crippen LogP contribution in [-0.4, -0.2) is 17.6 Å². The molecule has 0 saturated carbocycles. The van der Waals surface area contributed by atoms with Crippen LogP contribution in [0, 0.1) is 0 Å². The Labute approximate surface area is 95.6 Å². The topological polar surface area (TPSA) is 31.2 Å². The number of fused-ring (bicyclic) bond motifs is 1. The predicted molar refractivity (Wildman–Crippen MR) is 65.6 cm³/mol. The summed E-state index contributed by atoms with van der Waals surface area (Å²) in [6.45, 7) is 4.00. The molecule has 0 fully saturated rings. The normalized spacial score (nSPS) is 9.50. The molecule has 1 aromatic carbocycles. The Bertz CT molecular complexity index is 486. The lowest BCUT2D eigenvalue weighted by atomic mass is 10.1. The van der Waals surface area contributed by atoms with Gasteiger partial charge in [-0.2, -0.15) is 0 Å². The van der Waals surface area contributed by atoms with Crippen LogP contribution in [0.5, 0.6) is 0 Å². The first-order valence-corrected chi connectivity index (χ1v) is 5.36. The maximum atomic E-state index is 11.2. The molecular weight excluding hydrogens is 202 g/mol. The minimum atomic E-state index is -0.296. The second-order valence-electron chi connectivity index (χ2n) is 3.19. The van der Waals surface area contributed by atoms with Crippen LogP contribution in [0.25, 0.3) is 10.9 Å². The second-order valence-corrected chi connectivity index (χ2v) is 3.19. The molecule has 0 spiro atoms. The number of carbonyl (C=O) groups is 1. The van der Waals surface area contributed by atoms with E-state index in [4.69, 9.17) is 0 Å². The van der Waals surface area contributed by atoms with Crippen molar-refractivity contribution >= 4 is 16.9 Å². The van der Waals surface area contributed by atoms with Gasteiger partial charge < -0.3 is 9.30 Å². The summed E-state index contributed by atoms with van der Waals surface area (Å²) >= 11 is 0. The lowest BCUT2D eigenvalue weighted by Crippen LogP contribution is -2.00. The highest BCUT2D eigenvalue weighted by molar-refractivity contribution is 5.94. The number of carbonyl (C=O) groups excluding carboxylic acids is 1. The van der Waals surface area contributed by atoms with Gasteiger partial charge in [0.1, 0.15) is 0 Å². The highest BCUT2D eigenvalue weighted by atomic mass is 16.5. The molecule has 3 nitrogen and oxygen atoms in total. The van der Waals surface area contributed by atoms with Crippen LogP contribution < -0.4 is 0 Å². The van der Waals surface area contributed by atoms with Crippen LogP contribution in [0.4, 0.5) is 0 Å². The van der Waals surface area contributed by atoms with Gasteiger partial charge in [-0.05, 0) is 24.3 Å². The summed E-state index contributed by atoms with van der Waals surface area (Å²) in [7, 11) is 3.36. The molecule has 0 saturated heterocycles. The molecule has 0 atom stereocenters. The summed E-state index contributed by atoms with van der Waals surface area (Å²) in [5.74, 6) is -0.296.